The van der Waals surface area contributed by atoms with Crippen LogP contribution in [0.25, 0.3) is 0 Å². The van der Waals surface area contributed by atoms with Crippen molar-refractivity contribution in [2.24, 2.45) is 0 Å². The van der Waals surface area contributed by atoms with Crippen LogP contribution in [0.2, 0.25) is 0 Å². The van der Waals surface area contributed by atoms with Crippen molar-refractivity contribution in [1.82, 2.24) is 0 Å². The summed E-state index contributed by atoms with van der Waals surface area (Å²) >= 11 is 0. The molecule has 0 N–H and O–H groups in total. The van der Waals surface area contributed by atoms with Crippen molar-refractivity contribution < 1.29 is 19.1 Å². The molecule has 4 nitrogen and oxygen atoms in total. The summed E-state index contributed by atoms with van der Waals surface area (Å²) in [6, 6.07) is 21.1. The van der Waals surface area contributed by atoms with E-state index in [1.165, 1.54) is 0 Å². The fourth-order valence-electron chi connectivity index (χ4n) is 2.92. The topological polar surface area (TPSA) is 52.6 Å². The Balaban J connectivity index is 1.96. The van der Waals surface area contributed by atoms with E-state index in [0.29, 0.717) is 22.6 Å². The van der Waals surface area contributed by atoms with Crippen molar-refractivity contribution in [2.45, 2.75) is 33.1 Å². The summed E-state index contributed by atoms with van der Waals surface area (Å²) in [5, 5.41) is 0. The number of ether oxygens (including phenoxy) is 2. The monoisotopic (exact) mass is 388 g/mol. The number of carbonyl (C=O) groups is 2. The Kier molecular flexibility index (Phi) is 5.83. The van der Waals surface area contributed by atoms with E-state index in [-0.39, 0.29) is 5.41 Å². The second kappa shape index (κ2) is 8.31. The maximum Gasteiger partial charge on any atom is 0.343 e. The third-order valence-electron chi connectivity index (χ3n) is 4.51. The van der Waals surface area contributed by atoms with Crippen LogP contribution < -0.4 is 9.47 Å². The van der Waals surface area contributed by atoms with E-state index in [1.54, 1.807) is 54.6 Å². The number of esters is 2. The Hall–Kier alpha value is -3.40. The molecule has 0 bridgehead atoms. The Morgan fingerprint density at radius 1 is 0.690 bits per heavy atom. The van der Waals surface area contributed by atoms with Crippen LogP contribution in [0.5, 0.6) is 11.5 Å². The molecule has 0 saturated heterocycles. The summed E-state index contributed by atoms with van der Waals surface area (Å²) in [6.45, 7) is 7.98. The number of hydrogen-bond donors (Lipinski definition) is 0. The van der Waals surface area contributed by atoms with Crippen LogP contribution in [0.3, 0.4) is 0 Å². The number of rotatable bonds is 4. The summed E-state index contributed by atoms with van der Waals surface area (Å²) in [5.74, 6) is -0.173. The predicted molar refractivity (Wildman–Crippen MR) is 113 cm³/mol. The van der Waals surface area contributed by atoms with E-state index in [0.717, 1.165) is 11.1 Å². The van der Waals surface area contributed by atoms with Crippen LogP contribution in [0, 0.1) is 6.92 Å². The van der Waals surface area contributed by atoms with Crippen molar-refractivity contribution in [3.63, 3.8) is 0 Å². The molecule has 4 heteroatoms. The molecule has 0 unspecified atom stereocenters. The molecule has 0 aromatic heterocycles. The van der Waals surface area contributed by atoms with Gasteiger partial charge in [-0.3, -0.25) is 0 Å². The van der Waals surface area contributed by atoms with Crippen molar-refractivity contribution in [1.29, 1.82) is 0 Å². The molecule has 0 spiro atoms. The summed E-state index contributed by atoms with van der Waals surface area (Å²) in [6.07, 6.45) is 0. The summed E-state index contributed by atoms with van der Waals surface area (Å²) < 4.78 is 11.3. The Labute approximate surface area is 171 Å². The minimum atomic E-state index is -0.461. The molecule has 3 aromatic rings. The lowest BCUT2D eigenvalue weighted by Gasteiger charge is -2.24. The van der Waals surface area contributed by atoms with Crippen molar-refractivity contribution in [2.75, 3.05) is 0 Å². The maximum absolute atomic E-state index is 12.6. The van der Waals surface area contributed by atoms with Crippen LogP contribution in [-0.2, 0) is 5.41 Å². The lowest BCUT2D eigenvalue weighted by atomic mass is 9.85. The zero-order valence-electron chi connectivity index (χ0n) is 17.1. The molecule has 0 radical (unpaired) electrons. The molecule has 148 valence electrons. The SMILES string of the molecule is Cc1cc(C(C)(C)C)c(OC(=O)c2ccccc2)cc1OC(=O)c1ccccc1. The summed E-state index contributed by atoms with van der Waals surface area (Å²) in [5.41, 5.74) is 2.29. The van der Waals surface area contributed by atoms with Crippen LogP contribution in [-0.4, -0.2) is 11.9 Å². The molecule has 0 heterocycles. The van der Waals surface area contributed by atoms with Gasteiger partial charge in [0.15, 0.2) is 0 Å². The molecule has 0 fully saturated rings. The predicted octanol–water partition coefficient (Wildman–Crippen LogP) is 5.73. The zero-order chi connectivity index (χ0) is 21.0. The van der Waals surface area contributed by atoms with Gasteiger partial charge in [0, 0.05) is 11.6 Å². The number of carbonyl (C=O) groups excluding carboxylic acids is 2. The molecular weight excluding hydrogens is 364 g/mol. The van der Waals surface area contributed by atoms with Gasteiger partial charge < -0.3 is 9.47 Å². The van der Waals surface area contributed by atoms with Gasteiger partial charge in [0.05, 0.1) is 11.1 Å². The van der Waals surface area contributed by atoms with Gasteiger partial charge in [-0.2, -0.15) is 0 Å². The molecule has 0 saturated carbocycles. The first-order valence-electron chi connectivity index (χ1n) is 9.45. The highest BCUT2D eigenvalue weighted by Gasteiger charge is 2.24. The second-order valence-electron chi connectivity index (χ2n) is 7.87. The second-order valence-corrected chi connectivity index (χ2v) is 7.87. The molecule has 0 aliphatic rings. The van der Waals surface area contributed by atoms with Crippen LogP contribution in [0.4, 0.5) is 0 Å². The first-order valence-corrected chi connectivity index (χ1v) is 9.45. The molecule has 0 aliphatic heterocycles. The van der Waals surface area contributed by atoms with Gasteiger partial charge >= 0.3 is 11.9 Å². The van der Waals surface area contributed by atoms with Crippen LogP contribution in [0.1, 0.15) is 52.6 Å². The van der Waals surface area contributed by atoms with E-state index in [9.17, 15) is 9.59 Å². The molecule has 0 atom stereocenters. The van der Waals surface area contributed by atoms with E-state index < -0.39 is 11.9 Å². The number of aryl methyl sites for hydroxylation is 1. The minimum Gasteiger partial charge on any atom is -0.423 e. The zero-order valence-corrected chi connectivity index (χ0v) is 17.1. The first-order chi connectivity index (χ1) is 13.8. The van der Waals surface area contributed by atoms with Crippen LogP contribution in [0.15, 0.2) is 72.8 Å². The fourth-order valence-corrected chi connectivity index (χ4v) is 2.92. The van der Waals surface area contributed by atoms with Crippen molar-refractivity contribution in [3.05, 3.63) is 95.1 Å². The van der Waals surface area contributed by atoms with Gasteiger partial charge in [0.25, 0.3) is 0 Å². The van der Waals surface area contributed by atoms with E-state index in [2.05, 4.69) is 0 Å². The van der Waals surface area contributed by atoms with Crippen molar-refractivity contribution in [3.8, 4) is 11.5 Å². The van der Waals surface area contributed by atoms with E-state index in [1.807, 2.05) is 45.9 Å². The lowest BCUT2D eigenvalue weighted by molar-refractivity contribution is 0.0730. The third-order valence-corrected chi connectivity index (χ3v) is 4.51. The largest absolute Gasteiger partial charge is 0.423 e. The van der Waals surface area contributed by atoms with Crippen LogP contribution >= 0.6 is 0 Å². The maximum atomic E-state index is 12.6. The minimum absolute atomic E-state index is 0.265. The smallest absolute Gasteiger partial charge is 0.343 e. The highest BCUT2D eigenvalue weighted by molar-refractivity contribution is 5.92. The van der Waals surface area contributed by atoms with Gasteiger partial charge in [0.1, 0.15) is 11.5 Å². The van der Waals surface area contributed by atoms with E-state index in [4.69, 9.17) is 9.47 Å². The Morgan fingerprint density at radius 2 is 1.14 bits per heavy atom. The molecule has 0 amide bonds. The highest BCUT2D eigenvalue weighted by Crippen LogP contribution is 2.37. The average Bonchev–Trinajstić information content (AvgIpc) is 2.70. The first kappa shape index (κ1) is 20.3. The van der Waals surface area contributed by atoms with Gasteiger partial charge in [-0.05, 0) is 48.2 Å². The number of benzene rings is 3. The average molecular weight is 388 g/mol. The molecule has 3 rings (SSSR count). The molecule has 0 aliphatic carbocycles. The third kappa shape index (κ3) is 4.91. The molecule has 29 heavy (non-hydrogen) atoms. The standard InChI is InChI=1S/C25H24O4/c1-17-15-20(25(2,3)4)22(29-24(27)19-13-9-6-10-14-19)16-21(17)28-23(26)18-11-7-5-8-12-18/h5-16H,1-4H3. The summed E-state index contributed by atoms with van der Waals surface area (Å²) in [4.78, 5) is 25.1. The fraction of sp³-hybridized carbons (Fsp3) is 0.200. The summed E-state index contributed by atoms with van der Waals surface area (Å²) in [7, 11) is 0. The van der Waals surface area contributed by atoms with Gasteiger partial charge in [-0.15, -0.1) is 0 Å². The quantitative estimate of drug-likeness (QED) is 0.423. The van der Waals surface area contributed by atoms with E-state index >= 15 is 0 Å². The Morgan fingerprint density at radius 3 is 1.59 bits per heavy atom. The normalized spacial score (nSPS) is 11.0. The van der Waals surface area contributed by atoms with Crippen molar-refractivity contribution >= 4 is 11.9 Å². The lowest BCUT2D eigenvalue weighted by Crippen LogP contribution is -2.18. The highest BCUT2D eigenvalue weighted by atomic mass is 16.5. The molecular formula is C25H24O4. The van der Waals surface area contributed by atoms with Gasteiger partial charge in [-0.25, -0.2) is 9.59 Å². The molecule has 3 aromatic carbocycles. The number of hydrogen-bond acceptors (Lipinski definition) is 4. The van der Waals surface area contributed by atoms with Gasteiger partial charge in [-0.1, -0.05) is 57.2 Å². The Bertz CT molecular complexity index is 1020. The van der Waals surface area contributed by atoms with Gasteiger partial charge in [0.2, 0.25) is 0 Å².